The van der Waals surface area contributed by atoms with Crippen LogP contribution < -0.4 is 5.32 Å². The topological polar surface area (TPSA) is 66.5 Å². The van der Waals surface area contributed by atoms with Gasteiger partial charge in [0.25, 0.3) is 0 Å². The summed E-state index contributed by atoms with van der Waals surface area (Å²) < 4.78 is 0.789. The third kappa shape index (κ3) is 3.29. The lowest BCUT2D eigenvalue weighted by Gasteiger charge is -2.17. The predicted octanol–water partition coefficient (Wildman–Crippen LogP) is 2.87. The van der Waals surface area contributed by atoms with Crippen molar-refractivity contribution in [1.29, 1.82) is 0 Å². The summed E-state index contributed by atoms with van der Waals surface area (Å²) in [4.78, 5) is 8.92. The number of H-pyrrole nitrogens is 1. The molecule has 0 saturated carbocycles. The van der Waals surface area contributed by atoms with E-state index in [2.05, 4.69) is 62.2 Å². The molecule has 0 radical (unpaired) electrons. The summed E-state index contributed by atoms with van der Waals surface area (Å²) in [5, 5.41) is 9.94. The van der Waals surface area contributed by atoms with Gasteiger partial charge in [0.1, 0.15) is 16.2 Å². The summed E-state index contributed by atoms with van der Waals surface area (Å²) in [6, 6.07) is 1.87. The maximum Gasteiger partial charge on any atom is 0.137 e. The summed E-state index contributed by atoms with van der Waals surface area (Å²) in [7, 11) is 0. The van der Waals surface area contributed by atoms with Crippen molar-refractivity contribution < 1.29 is 0 Å². The van der Waals surface area contributed by atoms with Crippen LogP contribution in [0.5, 0.6) is 0 Å². The first-order chi connectivity index (χ1) is 8.45. The minimum absolute atomic E-state index is 0.0736. The monoisotopic (exact) mass is 309 g/mol. The predicted molar refractivity (Wildman–Crippen MR) is 74.3 cm³/mol. The number of nitrogens with zero attached hydrogens (tertiary/aromatic N) is 3. The van der Waals surface area contributed by atoms with Crippen LogP contribution in [0.15, 0.2) is 23.1 Å². The fourth-order valence-electron chi connectivity index (χ4n) is 1.41. The van der Waals surface area contributed by atoms with Gasteiger partial charge in [-0.2, -0.15) is 5.10 Å². The van der Waals surface area contributed by atoms with Crippen molar-refractivity contribution in [3.05, 3.63) is 34.5 Å². The van der Waals surface area contributed by atoms with Crippen LogP contribution in [0, 0.1) is 0 Å². The largest absolute Gasteiger partial charge is 0.366 e. The number of hydrogen-bond acceptors (Lipinski definition) is 4. The molecular weight excluding hydrogens is 294 g/mol. The molecule has 96 valence electrons. The van der Waals surface area contributed by atoms with Gasteiger partial charge in [-0.1, -0.05) is 20.8 Å². The highest BCUT2D eigenvalue weighted by Crippen LogP contribution is 2.22. The van der Waals surface area contributed by atoms with Gasteiger partial charge in [-0.05, 0) is 15.9 Å². The molecule has 0 bridgehead atoms. The Kier molecular flexibility index (Phi) is 3.65. The Morgan fingerprint density at radius 3 is 2.72 bits per heavy atom. The molecule has 2 aromatic rings. The first-order valence-corrected chi connectivity index (χ1v) is 6.51. The standard InChI is InChI=1S/C12H16BrN5/c1-12(2,3)11-17-9(13)4-10(18-11)14-5-8-6-15-16-7-8/h4,6-7H,5H2,1-3H3,(H,15,16)(H,14,17,18). The van der Waals surface area contributed by atoms with Crippen LogP contribution in [0.2, 0.25) is 0 Å². The van der Waals surface area contributed by atoms with E-state index in [4.69, 9.17) is 0 Å². The van der Waals surface area contributed by atoms with Gasteiger partial charge in [-0.3, -0.25) is 5.10 Å². The van der Waals surface area contributed by atoms with Gasteiger partial charge in [0.2, 0.25) is 0 Å². The number of aromatic nitrogens is 4. The molecule has 2 rings (SSSR count). The van der Waals surface area contributed by atoms with E-state index in [1.807, 2.05) is 12.3 Å². The second-order valence-electron chi connectivity index (χ2n) is 5.11. The van der Waals surface area contributed by atoms with E-state index < -0.39 is 0 Å². The molecule has 0 aliphatic heterocycles. The van der Waals surface area contributed by atoms with Gasteiger partial charge >= 0.3 is 0 Å². The van der Waals surface area contributed by atoms with Crippen molar-refractivity contribution in [2.24, 2.45) is 0 Å². The number of anilines is 1. The molecule has 6 heteroatoms. The SMILES string of the molecule is CC(C)(C)c1nc(Br)cc(NCc2cn[nH]c2)n1. The normalized spacial score (nSPS) is 11.6. The maximum absolute atomic E-state index is 4.52. The van der Waals surface area contributed by atoms with Gasteiger partial charge in [0, 0.05) is 29.8 Å². The van der Waals surface area contributed by atoms with E-state index in [-0.39, 0.29) is 5.41 Å². The Bertz CT molecular complexity index is 516. The second kappa shape index (κ2) is 5.06. The molecule has 0 aliphatic carbocycles. The smallest absolute Gasteiger partial charge is 0.137 e. The highest BCUT2D eigenvalue weighted by Gasteiger charge is 2.18. The first kappa shape index (κ1) is 13.0. The highest BCUT2D eigenvalue weighted by atomic mass is 79.9. The van der Waals surface area contributed by atoms with Crippen molar-refractivity contribution >= 4 is 21.7 Å². The number of rotatable bonds is 3. The fraction of sp³-hybridized carbons (Fsp3) is 0.417. The molecule has 2 heterocycles. The molecule has 0 aliphatic rings. The minimum atomic E-state index is -0.0736. The van der Waals surface area contributed by atoms with E-state index in [0.29, 0.717) is 6.54 Å². The molecule has 0 saturated heterocycles. The second-order valence-corrected chi connectivity index (χ2v) is 5.92. The zero-order chi connectivity index (χ0) is 13.2. The summed E-state index contributed by atoms with van der Waals surface area (Å²) >= 11 is 3.41. The van der Waals surface area contributed by atoms with Crippen LogP contribution in [0.4, 0.5) is 5.82 Å². The lowest BCUT2D eigenvalue weighted by atomic mass is 9.96. The third-order valence-corrected chi connectivity index (χ3v) is 2.80. The Morgan fingerprint density at radius 1 is 1.33 bits per heavy atom. The van der Waals surface area contributed by atoms with Gasteiger partial charge in [-0.25, -0.2) is 9.97 Å². The molecule has 0 atom stereocenters. The van der Waals surface area contributed by atoms with Crippen molar-refractivity contribution in [3.63, 3.8) is 0 Å². The Balaban J connectivity index is 2.15. The Morgan fingerprint density at radius 2 is 2.11 bits per heavy atom. The van der Waals surface area contributed by atoms with E-state index in [0.717, 1.165) is 21.8 Å². The average Bonchev–Trinajstić information content (AvgIpc) is 2.77. The molecule has 5 nitrogen and oxygen atoms in total. The van der Waals surface area contributed by atoms with E-state index in [1.54, 1.807) is 6.20 Å². The minimum Gasteiger partial charge on any atom is -0.366 e. The maximum atomic E-state index is 4.52. The zero-order valence-electron chi connectivity index (χ0n) is 10.7. The van der Waals surface area contributed by atoms with Gasteiger partial charge < -0.3 is 5.32 Å². The quantitative estimate of drug-likeness (QED) is 0.856. The van der Waals surface area contributed by atoms with Crippen LogP contribution >= 0.6 is 15.9 Å². The van der Waals surface area contributed by atoms with Crippen molar-refractivity contribution in [2.75, 3.05) is 5.32 Å². The number of nitrogens with one attached hydrogen (secondary N) is 2. The average molecular weight is 310 g/mol. The number of halogens is 1. The molecule has 2 N–H and O–H groups in total. The molecule has 0 spiro atoms. The van der Waals surface area contributed by atoms with E-state index in [9.17, 15) is 0 Å². The molecule has 0 amide bonds. The summed E-state index contributed by atoms with van der Waals surface area (Å²) in [5.74, 6) is 1.62. The highest BCUT2D eigenvalue weighted by molar-refractivity contribution is 9.10. The van der Waals surface area contributed by atoms with Crippen LogP contribution in [-0.2, 0) is 12.0 Å². The van der Waals surface area contributed by atoms with Crippen molar-refractivity contribution in [1.82, 2.24) is 20.2 Å². The number of hydrogen-bond donors (Lipinski definition) is 2. The van der Waals surface area contributed by atoms with Crippen molar-refractivity contribution in [2.45, 2.75) is 32.7 Å². The van der Waals surface area contributed by atoms with Crippen LogP contribution in [0.3, 0.4) is 0 Å². The molecular formula is C12H16BrN5. The lowest BCUT2D eigenvalue weighted by molar-refractivity contribution is 0.544. The van der Waals surface area contributed by atoms with Crippen LogP contribution in [-0.4, -0.2) is 20.2 Å². The molecule has 0 fully saturated rings. The van der Waals surface area contributed by atoms with Crippen LogP contribution in [0.1, 0.15) is 32.2 Å². The van der Waals surface area contributed by atoms with Crippen LogP contribution in [0.25, 0.3) is 0 Å². The lowest BCUT2D eigenvalue weighted by Crippen LogP contribution is -2.17. The molecule has 18 heavy (non-hydrogen) atoms. The van der Waals surface area contributed by atoms with Crippen molar-refractivity contribution in [3.8, 4) is 0 Å². The molecule has 0 unspecified atom stereocenters. The fourth-order valence-corrected chi connectivity index (χ4v) is 1.80. The van der Waals surface area contributed by atoms with E-state index >= 15 is 0 Å². The summed E-state index contributed by atoms with van der Waals surface area (Å²) in [6.45, 7) is 6.96. The number of aromatic amines is 1. The summed E-state index contributed by atoms with van der Waals surface area (Å²) in [6.07, 6.45) is 3.64. The Labute approximate surface area is 115 Å². The molecule has 2 aromatic heterocycles. The first-order valence-electron chi connectivity index (χ1n) is 5.72. The third-order valence-electron chi connectivity index (χ3n) is 2.39. The van der Waals surface area contributed by atoms with E-state index in [1.165, 1.54) is 0 Å². The van der Waals surface area contributed by atoms with Gasteiger partial charge in [0.05, 0.1) is 6.20 Å². The zero-order valence-corrected chi connectivity index (χ0v) is 12.2. The van der Waals surface area contributed by atoms with Gasteiger partial charge in [-0.15, -0.1) is 0 Å². The van der Waals surface area contributed by atoms with Gasteiger partial charge in [0.15, 0.2) is 0 Å². The Hall–Kier alpha value is -1.43. The molecule has 0 aromatic carbocycles. The summed E-state index contributed by atoms with van der Waals surface area (Å²) in [5.41, 5.74) is 1.01.